The summed E-state index contributed by atoms with van der Waals surface area (Å²) in [6, 6.07) is 9.91. The van der Waals surface area contributed by atoms with Gasteiger partial charge in [-0.1, -0.05) is 17.7 Å². The van der Waals surface area contributed by atoms with E-state index in [1.165, 1.54) is 11.3 Å². The van der Waals surface area contributed by atoms with Gasteiger partial charge in [0.25, 0.3) is 5.91 Å². The highest BCUT2D eigenvalue weighted by Crippen LogP contribution is 2.12. The third kappa shape index (κ3) is 3.62. The van der Waals surface area contributed by atoms with Crippen LogP contribution in [-0.2, 0) is 13.1 Å². The number of piperazine rings is 1. The van der Waals surface area contributed by atoms with Crippen molar-refractivity contribution in [1.29, 1.82) is 0 Å². The van der Waals surface area contributed by atoms with Gasteiger partial charge in [0.05, 0.1) is 5.69 Å². The van der Waals surface area contributed by atoms with Gasteiger partial charge in [-0.25, -0.2) is 0 Å². The Hall–Kier alpha value is -2.14. The van der Waals surface area contributed by atoms with Gasteiger partial charge in [-0.3, -0.25) is 14.4 Å². The van der Waals surface area contributed by atoms with Crippen molar-refractivity contribution in [3.8, 4) is 0 Å². The van der Waals surface area contributed by atoms with Crippen molar-refractivity contribution in [2.24, 2.45) is 0 Å². The van der Waals surface area contributed by atoms with Gasteiger partial charge < -0.3 is 4.90 Å². The summed E-state index contributed by atoms with van der Waals surface area (Å²) < 4.78 is 2.03. The fraction of sp³-hybridized carbons (Fsp3) is 0.444. The van der Waals surface area contributed by atoms with Gasteiger partial charge in [0.15, 0.2) is 0 Å². The Morgan fingerprint density at radius 1 is 1.09 bits per heavy atom. The summed E-state index contributed by atoms with van der Waals surface area (Å²) in [6.45, 7) is 9.33. The number of rotatable bonds is 4. The molecular weight excluding hydrogens is 288 g/mol. The highest BCUT2D eigenvalue weighted by molar-refractivity contribution is 5.94. The fourth-order valence-electron chi connectivity index (χ4n) is 3.00. The quantitative estimate of drug-likeness (QED) is 0.869. The molecule has 1 fully saturated rings. The molecule has 0 aliphatic carbocycles. The van der Waals surface area contributed by atoms with Crippen molar-refractivity contribution in [3.63, 3.8) is 0 Å². The molecule has 5 nitrogen and oxygen atoms in total. The highest BCUT2D eigenvalue weighted by Gasteiger charge is 2.22. The second-order valence-corrected chi connectivity index (χ2v) is 6.07. The van der Waals surface area contributed by atoms with Crippen LogP contribution in [0.3, 0.4) is 0 Å². The predicted molar refractivity (Wildman–Crippen MR) is 90.3 cm³/mol. The van der Waals surface area contributed by atoms with Crippen molar-refractivity contribution < 1.29 is 4.79 Å². The molecule has 0 bridgehead atoms. The smallest absolute Gasteiger partial charge is 0.253 e. The molecule has 0 saturated carbocycles. The summed E-state index contributed by atoms with van der Waals surface area (Å²) in [6.07, 6.45) is 1.86. The van der Waals surface area contributed by atoms with E-state index < -0.39 is 0 Å². The van der Waals surface area contributed by atoms with Gasteiger partial charge in [-0.2, -0.15) is 5.10 Å². The molecule has 1 aliphatic rings. The predicted octanol–water partition coefficient (Wildman–Crippen LogP) is 2.17. The van der Waals surface area contributed by atoms with Crippen LogP contribution in [0, 0.1) is 6.92 Å². The van der Waals surface area contributed by atoms with Crippen molar-refractivity contribution in [2.75, 3.05) is 26.2 Å². The van der Waals surface area contributed by atoms with Crippen LogP contribution in [0.15, 0.2) is 36.5 Å². The normalized spacial score (nSPS) is 15.8. The lowest BCUT2D eigenvalue weighted by atomic mass is 10.1. The largest absolute Gasteiger partial charge is 0.336 e. The topological polar surface area (TPSA) is 41.4 Å². The van der Waals surface area contributed by atoms with Crippen LogP contribution in [-0.4, -0.2) is 51.7 Å². The maximum Gasteiger partial charge on any atom is 0.253 e. The molecule has 1 saturated heterocycles. The molecule has 0 radical (unpaired) electrons. The molecule has 1 amide bonds. The van der Waals surface area contributed by atoms with Gasteiger partial charge in [0, 0.05) is 51.0 Å². The molecule has 1 aromatic carbocycles. The lowest BCUT2D eigenvalue weighted by Crippen LogP contribution is -2.48. The Kier molecular flexibility index (Phi) is 4.76. The zero-order valence-corrected chi connectivity index (χ0v) is 13.9. The minimum atomic E-state index is 0.142. The van der Waals surface area contributed by atoms with Crippen molar-refractivity contribution in [1.82, 2.24) is 19.6 Å². The average molecular weight is 312 g/mol. The van der Waals surface area contributed by atoms with Gasteiger partial charge in [0.2, 0.25) is 0 Å². The Bertz CT molecular complexity index is 654. The standard InChI is InChI=1S/C18H24N4O/c1-3-22-17(8-9-19-22)14-20-10-12-21(13-11-20)18(23)16-6-4-15(2)5-7-16/h4-9H,3,10-14H2,1-2H3. The van der Waals surface area contributed by atoms with E-state index in [-0.39, 0.29) is 5.91 Å². The van der Waals surface area contributed by atoms with Crippen LogP contribution in [0.1, 0.15) is 28.5 Å². The second-order valence-electron chi connectivity index (χ2n) is 6.07. The van der Waals surface area contributed by atoms with Crippen molar-refractivity contribution in [3.05, 3.63) is 53.3 Å². The van der Waals surface area contributed by atoms with Crippen molar-refractivity contribution in [2.45, 2.75) is 26.9 Å². The minimum Gasteiger partial charge on any atom is -0.336 e. The number of carbonyl (C=O) groups is 1. The molecule has 0 spiro atoms. The van der Waals surface area contributed by atoms with Crippen LogP contribution in [0.5, 0.6) is 0 Å². The second kappa shape index (κ2) is 6.96. The number of hydrogen-bond donors (Lipinski definition) is 0. The van der Waals surface area contributed by atoms with E-state index in [0.29, 0.717) is 0 Å². The fourth-order valence-corrected chi connectivity index (χ4v) is 3.00. The zero-order chi connectivity index (χ0) is 16.2. The first-order valence-corrected chi connectivity index (χ1v) is 8.26. The summed E-state index contributed by atoms with van der Waals surface area (Å²) in [5.41, 5.74) is 3.21. The van der Waals surface area contributed by atoms with E-state index >= 15 is 0 Å². The molecule has 122 valence electrons. The van der Waals surface area contributed by atoms with E-state index in [0.717, 1.165) is 44.8 Å². The van der Waals surface area contributed by atoms with E-state index in [2.05, 4.69) is 23.0 Å². The van der Waals surface area contributed by atoms with Crippen LogP contribution >= 0.6 is 0 Å². The van der Waals surface area contributed by atoms with Crippen LogP contribution in [0.25, 0.3) is 0 Å². The van der Waals surface area contributed by atoms with Crippen LogP contribution in [0.2, 0.25) is 0 Å². The third-order valence-electron chi connectivity index (χ3n) is 4.45. The van der Waals surface area contributed by atoms with Gasteiger partial charge >= 0.3 is 0 Å². The molecule has 0 N–H and O–H groups in total. The molecule has 3 rings (SSSR count). The molecule has 1 aromatic heterocycles. The number of carbonyl (C=O) groups excluding carboxylic acids is 1. The first-order valence-electron chi connectivity index (χ1n) is 8.26. The Labute approximate surface area is 137 Å². The molecular formula is C18H24N4O. The van der Waals surface area contributed by atoms with Crippen molar-refractivity contribution >= 4 is 5.91 Å². The summed E-state index contributed by atoms with van der Waals surface area (Å²) in [4.78, 5) is 16.9. The summed E-state index contributed by atoms with van der Waals surface area (Å²) in [7, 11) is 0. The molecule has 1 aliphatic heterocycles. The Morgan fingerprint density at radius 2 is 1.78 bits per heavy atom. The first-order chi connectivity index (χ1) is 11.2. The number of benzene rings is 1. The van der Waals surface area contributed by atoms with E-state index in [1.807, 2.05) is 47.0 Å². The molecule has 2 aromatic rings. The molecule has 0 atom stereocenters. The molecule has 2 heterocycles. The number of aryl methyl sites for hydroxylation is 2. The van der Waals surface area contributed by atoms with Gasteiger partial charge in [-0.15, -0.1) is 0 Å². The highest BCUT2D eigenvalue weighted by atomic mass is 16.2. The summed E-state index contributed by atoms with van der Waals surface area (Å²) >= 11 is 0. The van der Waals surface area contributed by atoms with Gasteiger partial charge in [0.1, 0.15) is 0 Å². The van der Waals surface area contributed by atoms with Crippen LogP contribution in [0.4, 0.5) is 0 Å². The summed E-state index contributed by atoms with van der Waals surface area (Å²) in [5.74, 6) is 0.142. The average Bonchev–Trinajstić information content (AvgIpc) is 3.03. The van der Waals surface area contributed by atoms with E-state index in [9.17, 15) is 4.79 Å². The molecule has 0 unspecified atom stereocenters. The van der Waals surface area contributed by atoms with Crippen LogP contribution < -0.4 is 0 Å². The summed E-state index contributed by atoms with van der Waals surface area (Å²) in [5, 5.41) is 4.32. The molecule has 5 heteroatoms. The van der Waals surface area contributed by atoms with Gasteiger partial charge in [-0.05, 0) is 32.0 Å². The number of amides is 1. The lowest BCUT2D eigenvalue weighted by molar-refractivity contribution is 0.0625. The Balaban J connectivity index is 1.56. The first kappa shape index (κ1) is 15.7. The molecule has 23 heavy (non-hydrogen) atoms. The minimum absolute atomic E-state index is 0.142. The number of nitrogens with zero attached hydrogens (tertiary/aromatic N) is 4. The maximum atomic E-state index is 12.5. The SMILES string of the molecule is CCn1nccc1CN1CCN(C(=O)c2ccc(C)cc2)CC1. The third-order valence-corrected chi connectivity index (χ3v) is 4.45. The van der Waals surface area contributed by atoms with E-state index in [4.69, 9.17) is 0 Å². The lowest BCUT2D eigenvalue weighted by Gasteiger charge is -2.34. The number of hydrogen-bond acceptors (Lipinski definition) is 3. The monoisotopic (exact) mass is 312 g/mol. The number of aromatic nitrogens is 2. The maximum absolute atomic E-state index is 12.5. The Morgan fingerprint density at radius 3 is 2.43 bits per heavy atom. The zero-order valence-electron chi connectivity index (χ0n) is 13.9. The van der Waals surface area contributed by atoms with E-state index in [1.54, 1.807) is 0 Å².